The van der Waals surface area contributed by atoms with Crippen LogP contribution in [0.3, 0.4) is 0 Å². The summed E-state index contributed by atoms with van der Waals surface area (Å²) in [6.45, 7) is 1.51. The number of benzene rings is 1. The number of halogens is 1. The van der Waals surface area contributed by atoms with E-state index in [2.05, 4.69) is 15.9 Å². The highest BCUT2D eigenvalue weighted by atomic mass is 79.9. The van der Waals surface area contributed by atoms with Crippen LogP contribution in [0.15, 0.2) is 16.6 Å². The molecule has 2 fully saturated rings. The van der Waals surface area contributed by atoms with E-state index in [1.807, 2.05) is 0 Å². The van der Waals surface area contributed by atoms with Crippen LogP contribution in [0.4, 0.5) is 0 Å². The molecule has 128 valence electrons. The van der Waals surface area contributed by atoms with E-state index >= 15 is 0 Å². The number of hydrogen-bond donors (Lipinski definition) is 1. The van der Waals surface area contributed by atoms with Gasteiger partial charge in [-0.15, -0.1) is 0 Å². The lowest BCUT2D eigenvalue weighted by Crippen LogP contribution is -2.45. The molecule has 1 aromatic rings. The summed E-state index contributed by atoms with van der Waals surface area (Å²) in [6, 6.07) is 3.32. The Morgan fingerprint density at radius 2 is 2.17 bits per heavy atom. The lowest BCUT2D eigenvalue weighted by atomic mass is 9.74. The van der Waals surface area contributed by atoms with Crippen LogP contribution in [0.25, 0.3) is 0 Å². The second-order valence-electron chi connectivity index (χ2n) is 6.36. The van der Waals surface area contributed by atoms with Crippen molar-refractivity contribution in [2.75, 3.05) is 33.1 Å². The Morgan fingerprint density at radius 1 is 1.33 bits per heavy atom. The summed E-state index contributed by atoms with van der Waals surface area (Å²) < 4.78 is 16.7. The van der Waals surface area contributed by atoms with E-state index in [0.29, 0.717) is 47.7 Å². The van der Waals surface area contributed by atoms with Gasteiger partial charge in [-0.25, -0.2) is 0 Å². The summed E-state index contributed by atoms with van der Waals surface area (Å²) in [5, 5.41) is 9.70. The molecular weight excluding hydrogens is 382 g/mol. The number of carbonyl (C=O) groups is 2. The molecule has 4 rings (SSSR count). The minimum absolute atomic E-state index is 0.122. The summed E-state index contributed by atoms with van der Waals surface area (Å²) in [5.41, 5.74) is -0.451. The van der Waals surface area contributed by atoms with Gasteiger partial charge in [0.05, 0.1) is 16.5 Å². The number of fused-ring (bicyclic) bond motifs is 2. The van der Waals surface area contributed by atoms with Crippen molar-refractivity contribution in [2.45, 2.75) is 6.42 Å². The molecule has 8 heteroatoms. The standard InChI is InChI=1S/C16H16BrNO6/c17-11-3-9(4-12-13(11)24-8-23-12)14(19)18-5-10-6-22-2-1-16(10,7-18)15(20)21/h3-4,10H,1-2,5-8H2,(H,20,21)/t10-,16+/m0/s1. The van der Waals surface area contributed by atoms with Crippen LogP contribution in [-0.4, -0.2) is 55.0 Å². The number of carbonyl (C=O) groups excluding carboxylic acids is 1. The number of nitrogens with zero attached hydrogens (tertiary/aromatic N) is 1. The van der Waals surface area contributed by atoms with Crippen molar-refractivity contribution in [3.63, 3.8) is 0 Å². The molecule has 3 aliphatic heterocycles. The van der Waals surface area contributed by atoms with E-state index in [4.69, 9.17) is 14.2 Å². The maximum absolute atomic E-state index is 12.9. The van der Waals surface area contributed by atoms with E-state index in [-0.39, 0.29) is 25.2 Å². The normalized spacial score (nSPS) is 27.9. The third-order valence-electron chi connectivity index (χ3n) is 5.09. The minimum atomic E-state index is -0.901. The minimum Gasteiger partial charge on any atom is -0.481 e. The van der Waals surface area contributed by atoms with Gasteiger partial charge >= 0.3 is 5.97 Å². The van der Waals surface area contributed by atoms with Gasteiger partial charge in [-0.3, -0.25) is 9.59 Å². The summed E-state index contributed by atoms with van der Waals surface area (Å²) in [4.78, 5) is 26.3. The van der Waals surface area contributed by atoms with Gasteiger partial charge < -0.3 is 24.2 Å². The molecule has 2 saturated heterocycles. The van der Waals surface area contributed by atoms with E-state index in [1.165, 1.54) is 0 Å². The van der Waals surface area contributed by atoms with Gasteiger partial charge in [0, 0.05) is 31.2 Å². The Morgan fingerprint density at radius 3 is 2.92 bits per heavy atom. The van der Waals surface area contributed by atoms with Crippen molar-refractivity contribution in [3.8, 4) is 11.5 Å². The molecule has 3 heterocycles. The topological polar surface area (TPSA) is 85.3 Å². The second-order valence-corrected chi connectivity index (χ2v) is 7.21. The van der Waals surface area contributed by atoms with Crippen molar-refractivity contribution in [1.29, 1.82) is 0 Å². The number of aliphatic carboxylic acids is 1. The molecule has 0 aromatic heterocycles. The van der Waals surface area contributed by atoms with Crippen LogP contribution >= 0.6 is 15.9 Å². The molecular formula is C16H16BrNO6. The average Bonchev–Trinajstić information content (AvgIpc) is 3.19. The van der Waals surface area contributed by atoms with Crippen molar-refractivity contribution < 1.29 is 28.9 Å². The van der Waals surface area contributed by atoms with Gasteiger partial charge in [-0.1, -0.05) is 0 Å². The highest BCUT2D eigenvalue weighted by molar-refractivity contribution is 9.10. The fourth-order valence-corrected chi connectivity index (χ4v) is 4.28. The molecule has 1 amide bonds. The number of rotatable bonds is 2. The molecule has 0 spiro atoms. The highest BCUT2D eigenvalue weighted by Crippen LogP contribution is 2.44. The maximum atomic E-state index is 12.9. The maximum Gasteiger partial charge on any atom is 0.311 e. The van der Waals surface area contributed by atoms with E-state index in [1.54, 1.807) is 17.0 Å². The monoisotopic (exact) mass is 397 g/mol. The lowest BCUT2D eigenvalue weighted by molar-refractivity contribution is -0.157. The Kier molecular flexibility index (Phi) is 3.69. The Hall–Kier alpha value is -1.80. The lowest BCUT2D eigenvalue weighted by Gasteiger charge is -2.33. The molecule has 24 heavy (non-hydrogen) atoms. The quantitative estimate of drug-likeness (QED) is 0.817. The molecule has 3 aliphatic rings. The highest BCUT2D eigenvalue weighted by Gasteiger charge is 2.55. The summed E-state index contributed by atoms with van der Waals surface area (Å²) >= 11 is 3.38. The molecule has 1 N–H and O–H groups in total. The van der Waals surface area contributed by atoms with E-state index in [9.17, 15) is 14.7 Å². The second kappa shape index (κ2) is 5.63. The zero-order chi connectivity index (χ0) is 16.9. The molecule has 0 aliphatic carbocycles. The number of likely N-dealkylation sites (tertiary alicyclic amines) is 1. The smallest absolute Gasteiger partial charge is 0.311 e. The molecule has 0 unspecified atom stereocenters. The first kappa shape index (κ1) is 15.7. The van der Waals surface area contributed by atoms with Crippen LogP contribution in [0.5, 0.6) is 11.5 Å². The van der Waals surface area contributed by atoms with E-state index < -0.39 is 11.4 Å². The summed E-state index contributed by atoms with van der Waals surface area (Å²) in [7, 11) is 0. The fraction of sp³-hybridized carbons (Fsp3) is 0.500. The predicted octanol–water partition coefficient (Wildman–Crippen LogP) is 1.74. The van der Waals surface area contributed by atoms with Gasteiger partial charge in [0.25, 0.3) is 5.91 Å². The van der Waals surface area contributed by atoms with Gasteiger partial charge in [-0.2, -0.15) is 0 Å². The number of amides is 1. The number of carboxylic acid groups (broad SMARTS) is 1. The van der Waals surface area contributed by atoms with Gasteiger partial charge in [0.2, 0.25) is 6.79 Å². The Bertz CT molecular complexity index is 723. The zero-order valence-corrected chi connectivity index (χ0v) is 14.4. The number of ether oxygens (including phenoxy) is 3. The summed E-state index contributed by atoms with van der Waals surface area (Å²) in [5.74, 6) is -0.134. The number of hydrogen-bond acceptors (Lipinski definition) is 5. The van der Waals surface area contributed by atoms with Gasteiger partial charge in [-0.05, 0) is 34.5 Å². The van der Waals surface area contributed by atoms with E-state index in [0.717, 1.165) is 0 Å². The molecule has 1 aromatic carbocycles. The Labute approximate surface area is 146 Å². The third kappa shape index (κ3) is 2.28. The van der Waals surface area contributed by atoms with Crippen molar-refractivity contribution >= 4 is 27.8 Å². The van der Waals surface area contributed by atoms with Crippen LogP contribution < -0.4 is 9.47 Å². The van der Waals surface area contributed by atoms with Crippen molar-refractivity contribution in [2.24, 2.45) is 11.3 Å². The van der Waals surface area contributed by atoms with Crippen LogP contribution in [-0.2, 0) is 9.53 Å². The first-order valence-corrected chi connectivity index (χ1v) is 8.50. The molecule has 2 atom stereocenters. The summed E-state index contributed by atoms with van der Waals surface area (Å²) in [6.07, 6.45) is 0.432. The average molecular weight is 398 g/mol. The fourth-order valence-electron chi connectivity index (χ4n) is 3.73. The first-order valence-electron chi connectivity index (χ1n) is 7.71. The third-order valence-corrected chi connectivity index (χ3v) is 5.68. The van der Waals surface area contributed by atoms with Crippen LogP contribution in [0.2, 0.25) is 0 Å². The SMILES string of the molecule is O=C(c1cc(Br)c2c(c1)OCO2)N1C[C@H]2COCC[C@@]2(C(=O)O)C1. The number of carboxylic acids is 1. The van der Waals surface area contributed by atoms with Crippen LogP contribution in [0, 0.1) is 11.3 Å². The first-order chi connectivity index (χ1) is 11.5. The molecule has 0 saturated carbocycles. The van der Waals surface area contributed by atoms with Crippen molar-refractivity contribution in [1.82, 2.24) is 4.90 Å². The molecule has 7 nitrogen and oxygen atoms in total. The van der Waals surface area contributed by atoms with Crippen LogP contribution in [0.1, 0.15) is 16.8 Å². The predicted molar refractivity (Wildman–Crippen MR) is 85.2 cm³/mol. The molecule has 0 radical (unpaired) electrons. The molecule has 0 bridgehead atoms. The van der Waals surface area contributed by atoms with Gasteiger partial charge in [0.1, 0.15) is 0 Å². The zero-order valence-electron chi connectivity index (χ0n) is 12.8. The van der Waals surface area contributed by atoms with Crippen molar-refractivity contribution in [3.05, 3.63) is 22.2 Å². The Balaban J connectivity index is 1.62. The largest absolute Gasteiger partial charge is 0.481 e. The van der Waals surface area contributed by atoms with Gasteiger partial charge in [0.15, 0.2) is 11.5 Å².